The first-order chi connectivity index (χ1) is 8.58. The van der Waals surface area contributed by atoms with Crippen LogP contribution in [-0.4, -0.2) is 24.2 Å². The number of rotatable bonds is 6. The van der Waals surface area contributed by atoms with Crippen molar-refractivity contribution in [3.05, 3.63) is 33.3 Å². The Bertz CT molecular complexity index is 412. The van der Waals surface area contributed by atoms with Crippen LogP contribution in [0.3, 0.4) is 0 Å². The maximum atomic E-state index is 12.0. The number of benzene rings is 1. The van der Waals surface area contributed by atoms with Crippen LogP contribution >= 0.6 is 27.5 Å². The zero-order valence-corrected chi connectivity index (χ0v) is 12.6. The van der Waals surface area contributed by atoms with Crippen molar-refractivity contribution in [2.45, 2.75) is 19.8 Å². The summed E-state index contributed by atoms with van der Waals surface area (Å²) < 4.78 is 0.722. The van der Waals surface area contributed by atoms with Gasteiger partial charge in [-0.2, -0.15) is 0 Å². The number of carbonyl (C=O) groups excluding carboxylic acids is 1. The largest absolute Gasteiger partial charge is 0.396 e. The zero-order chi connectivity index (χ0) is 13.5. The number of nitrogens with one attached hydrogen (secondary N) is 1. The van der Waals surface area contributed by atoms with E-state index in [0.717, 1.165) is 10.9 Å². The summed E-state index contributed by atoms with van der Waals surface area (Å²) in [7, 11) is 0. The smallest absolute Gasteiger partial charge is 0.252 e. The van der Waals surface area contributed by atoms with Gasteiger partial charge in [0.2, 0.25) is 0 Å². The Labute approximate surface area is 121 Å². The van der Waals surface area contributed by atoms with Crippen LogP contribution in [0.15, 0.2) is 22.7 Å². The van der Waals surface area contributed by atoms with Gasteiger partial charge >= 0.3 is 0 Å². The molecule has 1 unspecified atom stereocenters. The third-order valence-electron chi connectivity index (χ3n) is 2.84. The van der Waals surface area contributed by atoms with E-state index in [2.05, 4.69) is 21.2 Å². The molecule has 0 spiro atoms. The van der Waals surface area contributed by atoms with Gasteiger partial charge in [0.15, 0.2) is 0 Å². The number of hydrogen-bond donors (Lipinski definition) is 2. The molecule has 0 aliphatic rings. The number of aliphatic hydroxyl groups is 1. The number of carbonyl (C=O) groups is 1. The number of amides is 1. The van der Waals surface area contributed by atoms with E-state index in [9.17, 15) is 4.79 Å². The van der Waals surface area contributed by atoms with Crippen molar-refractivity contribution in [2.24, 2.45) is 5.92 Å². The van der Waals surface area contributed by atoms with Crippen LogP contribution in [0.5, 0.6) is 0 Å². The van der Waals surface area contributed by atoms with Crippen LogP contribution in [0, 0.1) is 5.92 Å². The molecule has 1 aromatic carbocycles. The first kappa shape index (κ1) is 15.5. The van der Waals surface area contributed by atoms with E-state index >= 15 is 0 Å². The van der Waals surface area contributed by atoms with Gasteiger partial charge in [0.25, 0.3) is 5.91 Å². The molecular formula is C13H17BrClNO2. The van der Waals surface area contributed by atoms with Crippen molar-refractivity contribution < 1.29 is 9.90 Å². The van der Waals surface area contributed by atoms with Gasteiger partial charge in [0, 0.05) is 22.6 Å². The Morgan fingerprint density at radius 3 is 2.89 bits per heavy atom. The molecule has 0 heterocycles. The van der Waals surface area contributed by atoms with Crippen LogP contribution < -0.4 is 5.32 Å². The van der Waals surface area contributed by atoms with Crippen LogP contribution in [0.2, 0.25) is 5.02 Å². The van der Waals surface area contributed by atoms with E-state index in [-0.39, 0.29) is 12.5 Å². The predicted molar refractivity (Wildman–Crippen MR) is 77.0 cm³/mol. The molecule has 1 atom stereocenters. The highest BCUT2D eigenvalue weighted by atomic mass is 79.9. The quantitative estimate of drug-likeness (QED) is 0.839. The highest BCUT2D eigenvalue weighted by molar-refractivity contribution is 9.10. The lowest BCUT2D eigenvalue weighted by Gasteiger charge is -2.14. The minimum atomic E-state index is -0.152. The molecule has 100 valence electrons. The molecule has 2 N–H and O–H groups in total. The van der Waals surface area contributed by atoms with Crippen molar-refractivity contribution in [1.29, 1.82) is 0 Å². The lowest BCUT2D eigenvalue weighted by molar-refractivity contribution is 0.0943. The van der Waals surface area contributed by atoms with Crippen molar-refractivity contribution in [2.75, 3.05) is 13.2 Å². The van der Waals surface area contributed by atoms with Gasteiger partial charge in [-0.1, -0.05) is 24.9 Å². The minimum absolute atomic E-state index is 0.148. The molecule has 0 radical (unpaired) electrons. The first-order valence-electron chi connectivity index (χ1n) is 5.92. The lowest BCUT2D eigenvalue weighted by Crippen LogP contribution is -2.29. The highest BCUT2D eigenvalue weighted by Gasteiger charge is 2.12. The summed E-state index contributed by atoms with van der Waals surface area (Å²) in [5.41, 5.74) is 0.529. The fraction of sp³-hybridized carbons (Fsp3) is 0.462. The summed E-state index contributed by atoms with van der Waals surface area (Å²) in [4.78, 5) is 12.0. The average molecular weight is 335 g/mol. The molecule has 0 aliphatic heterocycles. The normalized spacial score (nSPS) is 12.2. The van der Waals surface area contributed by atoms with Crippen LogP contribution in [0.1, 0.15) is 30.1 Å². The molecule has 0 aliphatic carbocycles. The monoisotopic (exact) mass is 333 g/mol. The molecule has 18 heavy (non-hydrogen) atoms. The van der Waals surface area contributed by atoms with Gasteiger partial charge < -0.3 is 10.4 Å². The highest BCUT2D eigenvalue weighted by Crippen LogP contribution is 2.21. The molecule has 1 aromatic rings. The van der Waals surface area contributed by atoms with E-state index in [1.807, 2.05) is 6.92 Å². The molecule has 0 aromatic heterocycles. The second-order valence-corrected chi connectivity index (χ2v) is 5.41. The van der Waals surface area contributed by atoms with Crippen LogP contribution in [0.25, 0.3) is 0 Å². The summed E-state index contributed by atoms with van der Waals surface area (Å²) in [6.07, 6.45) is 1.63. The Kier molecular flexibility index (Phi) is 6.68. The molecule has 1 rings (SSSR count). The standard InChI is InChI=1S/C13H17BrClNO2/c1-2-9(5-6-17)8-16-13(18)11-7-10(15)3-4-12(11)14/h3-4,7,9,17H,2,5-6,8H2,1H3,(H,16,18). The fourth-order valence-electron chi connectivity index (χ4n) is 1.64. The Morgan fingerprint density at radius 1 is 1.56 bits per heavy atom. The third kappa shape index (κ3) is 4.59. The Balaban J connectivity index is 2.62. The Hall–Kier alpha value is -0.580. The first-order valence-corrected chi connectivity index (χ1v) is 7.09. The van der Waals surface area contributed by atoms with Crippen LogP contribution in [-0.2, 0) is 0 Å². The predicted octanol–water partition coefficient (Wildman–Crippen LogP) is 3.24. The van der Waals surface area contributed by atoms with E-state index in [1.165, 1.54) is 0 Å². The third-order valence-corrected chi connectivity index (χ3v) is 3.77. The minimum Gasteiger partial charge on any atom is -0.396 e. The fourth-order valence-corrected chi connectivity index (χ4v) is 2.24. The van der Waals surface area contributed by atoms with E-state index in [4.69, 9.17) is 16.7 Å². The van der Waals surface area contributed by atoms with Gasteiger partial charge in [-0.05, 0) is 46.5 Å². The second-order valence-electron chi connectivity index (χ2n) is 4.12. The van der Waals surface area contributed by atoms with Crippen molar-refractivity contribution in [1.82, 2.24) is 5.32 Å². The lowest BCUT2D eigenvalue weighted by atomic mass is 10.0. The van der Waals surface area contributed by atoms with Crippen molar-refractivity contribution in [3.8, 4) is 0 Å². The SMILES string of the molecule is CCC(CCO)CNC(=O)c1cc(Cl)ccc1Br. The molecule has 0 saturated heterocycles. The number of halogens is 2. The second kappa shape index (κ2) is 7.77. The summed E-state index contributed by atoms with van der Waals surface area (Å²) in [5, 5.41) is 12.3. The van der Waals surface area contributed by atoms with E-state index < -0.39 is 0 Å². The molecule has 3 nitrogen and oxygen atoms in total. The summed E-state index contributed by atoms with van der Waals surface area (Å²) >= 11 is 9.19. The molecule has 5 heteroatoms. The van der Waals surface area contributed by atoms with Gasteiger partial charge in [-0.25, -0.2) is 0 Å². The van der Waals surface area contributed by atoms with Gasteiger partial charge in [-0.3, -0.25) is 4.79 Å². The molecule has 0 fully saturated rings. The molecular weight excluding hydrogens is 318 g/mol. The topological polar surface area (TPSA) is 49.3 Å². The summed E-state index contributed by atoms with van der Waals surface area (Å²) in [5.74, 6) is 0.151. The molecule has 1 amide bonds. The van der Waals surface area contributed by atoms with Crippen molar-refractivity contribution >= 4 is 33.4 Å². The summed E-state index contributed by atoms with van der Waals surface area (Å²) in [6, 6.07) is 5.11. The van der Waals surface area contributed by atoms with Crippen molar-refractivity contribution in [3.63, 3.8) is 0 Å². The maximum Gasteiger partial charge on any atom is 0.252 e. The number of hydrogen-bond acceptors (Lipinski definition) is 2. The maximum absolute atomic E-state index is 12.0. The molecule has 0 saturated carbocycles. The van der Waals surface area contributed by atoms with Gasteiger partial charge in [0.05, 0.1) is 5.56 Å². The van der Waals surface area contributed by atoms with E-state index in [0.29, 0.717) is 29.5 Å². The summed E-state index contributed by atoms with van der Waals surface area (Å²) in [6.45, 7) is 2.76. The van der Waals surface area contributed by atoms with Gasteiger partial charge in [-0.15, -0.1) is 0 Å². The Morgan fingerprint density at radius 2 is 2.28 bits per heavy atom. The van der Waals surface area contributed by atoms with Gasteiger partial charge in [0.1, 0.15) is 0 Å². The van der Waals surface area contributed by atoms with E-state index in [1.54, 1.807) is 18.2 Å². The number of aliphatic hydroxyl groups excluding tert-OH is 1. The average Bonchev–Trinajstić information content (AvgIpc) is 2.37. The molecule has 0 bridgehead atoms. The zero-order valence-electron chi connectivity index (χ0n) is 10.2. The van der Waals surface area contributed by atoms with Crippen LogP contribution in [0.4, 0.5) is 0 Å².